The summed E-state index contributed by atoms with van der Waals surface area (Å²) in [5.41, 5.74) is 5.41. The Labute approximate surface area is 124 Å². The van der Waals surface area contributed by atoms with E-state index < -0.39 is 18.5 Å². The molecule has 2 aromatic rings. The van der Waals surface area contributed by atoms with Crippen molar-refractivity contribution in [2.45, 2.75) is 6.61 Å². The Morgan fingerprint density at radius 1 is 0.955 bits per heavy atom. The highest BCUT2D eigenvalue weighted by Crippen LogP contribution is 2.18. The SMILES string of the molecule is NC(=O)c1ccc(OC(=O)c2cccc(OC(F)F)c2)cc1. The molecule has 0 fully saturated rings. The molecule has 22 heavy (non-hydrogen) atoms. The van der Waals surface area contributed by atoms with E-state index in [4.69, 9.17) is 10.5 Å². The van der Waals surface area contributed by atoms with Gasteiger partial charge in [0, 0.05) is 5.56 Å². The number of halogens is 2. The molecule has 0 aromatic heterocycles. The van der Waals surface area contributed by atoms with E-state index in [0.717, 1.165) is 6.07 Å². The summed E-state index contributed by atoms with van der Waals surface area (Å²) >= 11 is 0. The van der Waals surface area contributed by atoms with Crippen molar-refractivity contribution < 1.29 is 27.8 Å². The van der Waals surface area contributed by atoms with E-state index in [1.54, 1.807) is 0 Å². The Hall–Kier alpha value is -2.96. The lowest BCUT2D eigenvalue weighted by Crippen LogP contribution is -2.12. The van der Waals surface area contributed by atoms with Crippen molar-refractivity contribution in [1.82, 2.24) is 0 Å². The van der Waals surface area contributed by atoms with Gasteiger partial charge in [0.1, 0.15) is 11.5 Å². The van der Waals surface area contributed by atoms with Gasteiger partial charge in [0.25, 0.3) is 0 Å². The van der Waals surface area contributed by atoms with Gasteiger partial charge in [0.15, 0.2) is 0 Å². The fraction of sp³-hybridized carbons (Fsp3) is 0.0667. The zero-order valence-corrected chi connectivity index (χ0v) is 11.2. The minimum absolute atomic E-state index is 0.0529. The number of hydrogen-bond acceptors (Lipinski definition) is 4. The number of nitrogens with two attached hydrogens (primary N) is 1. The number of esters is 1. The zero-order chi connectivity index (χ0) is 16.1. The Balaban J connectivity index is 2.10. The molecule has 2 aromatic carbocycles. The number of carbonyl (C=O) groups excluding carboxylic acids is 2. The van der Waals surface area contributed by atoms with E-state index in [1.165, 1.54) is 42.5 Å². The van der Waals surface area contributed by atoms with Crippen LogP contribution in [0.2, 0.25) is 0 Å². The van der Waals surface area contributed by atoms with Gasteiger partial charge in [-0.05, 0) is 42.5 Å². The minimum atomic E-state index is -2.98. The first-order chi connectivity index (χ1) is 10.5. The Morgan fingerprint density at radius 3 is 2.23 bits per heavy atom. The lowest BCUT2D eigenvalue weighted by Gasteiger charge is -2.07. The van der Waals surface area contributed by atoms with Crippen LogP contribution >= 0.6 is 0 Å². The second kappa shape index (κ2) is 6.66. The molecule has 0 saturated carbocycles. The van der Waals surface area contributed by atoms with Gasteiger partial charge in [0.05, 0.1) is 5.56 Å². The van der Waals surface area contributed by atoms with Crippen molar-refractivity contribution in [3.63, 3.8) is 0 Å². The van der Waals surface area contributed by atoms with Crippen LogP contribution in [-0.2, 0) is 0 Å². The van der Waals surface area contributed by atoms with Crippen LogP contribution in [0.3, 0.4) is 0 Å². The van der Waals surface area contributed by atoms with Crippen LogP contribution < -0.4 is 15.2 Å². The number of alkyl halides is 2. The maximum absolute atomic E-state index is 12.1. The summed E-state index contributed by atoms with van der Waals surface area (Å²) in [4.78, 5) is 22.8. The molecule has 2 N–H and O–H groups in total. The summed E-state index contributed by atoms with van der Waals surface area (Å²) in [6, 6.07) is 10.8. The third-order valence-corrected chi connectivity index (χ3v) is 2.64. The van der Waals surface area contributed by atoms with Gasteiger partial charge in [-0.2, -0.15) is 8.78 Å². The fourth-order valence-electron chi connectivity index (χ4n) is 1.65. The lowest BCUT2D eigenvalue weighted by molar-refractivity contribution is -0.0499. The average molecular weight is 307 g/mol. The predicted molar refractivity (Wildman–Crippen MR) is 73.0 cm³/mol. The molecule has 5 nitrogen and oxygen atoms in total. The molecule has 0 saturated heterocycles. The second-order valence-electron chi connectivity index (χ2n) is 4.18. The first-order valence-corrected chi connectivity index (χ1v) is 6.12. The zero-order valence-electron chi connectivity index (χ0n) is 11.2. The van der Waals surface area contributed by atoms with Gasteiger partial charge in [-0.15, -0.1) is 0 Å². The number of amides is 1. The topological polar surface area (TPSA) is 78.6 Å². The van der Waals surface area contributed by atoms with E-state index in [2.05, 4.69) is 4.74 Å². The van der Waals surface area contributed by atoms with Crippen molar-refractivity contribution in [3.8, 4) is 11.5 Å². The molecule has 1 amide bonds. The van der Waals surface area contributed by atoms with Crippen LogP contribution in [0, 0.1) is 0 Å². The number of benzene rings is 2. The minimum Gasteiger partial charge on any atom is -0.435 e. The Kier molecular flexibility index (Phi) is 4.67. The molecular weight excluding hydrogens is 296 g/mol. The number of rotatable bonds is 5. The number of carbonyl (C=O) groups is 2. The number of hydrogen-bond donors (Lipinski definition) is 1. The lowest BCUT2D eigenvalue weighted by atomic mass is 10.2. The van der Waals surface area contributed by atoms with Crippen LogP contribution in [0.4, 0.5) is 8.78 Å². The molecule has 0 unspecified atom stereocenters. The summed E-state index contributed by atoms with van der Waals surface area (Å²) in [6.07, 6.45) is 0. The molecule has 0 atom stereocenters. The first kappa shape index (κ1) is 15.4. The van der Waals surface area contributed by atoms with Crippen molar-refractivity contribution in [2.24, 2.45) is 5.73 Å². The summed E-state index contributed by atoms with van der Waals surface area (Å²) in [7, 11) is 0. The smallest absolute Gasteiger partial charge is 0.387 e. The third kappa shape index (κ3) is 4.02. The monoisotopic (exact) mass is 307 g/mol. The van der Waals surface area contributed by atoms with Gasteiger partial charge in [-0.3, -0.25) is 4.79 Å². The fourth-order valence-corrected chi connectivity index (χ4v) is 1.65. The molecule has 0 spiro atoms. The number of primary amides is 1. The Morgan fingerprint density at radius 2 is 1.64 bits per heavy atom. The van der Waals surface area contributed by atoms with Crippen molar-refractivity contribution in [1.29, 1.82) is 0 Å². The van der Waals surface area contributed by atoms with Crippen LogP contribution in [0.1, 0.15) is 20.7 Å². The standard InChI is InChI=1S/C15H11F2NO4/c16-15(17)22-12-3-1-2-10(8-12)14(20)21-11-6-4-9(5-7-11)13(18)19/h1-8,15H,(H2,18,19). The highest BCUT2D eigenvalue weighted by Gasteiger charge is 2.12. The van der Waals surface area contributed by atoms with Crippen LogP contribution in [0.25, 0.3) is 0 Å². The van der Waals surface area contributed by atoms with E-state index in [0.29, 0.717) is 0 Å². The van der Waals surface area contributed by atoms with Gasteiger partial charge >= 0.3 is 12.6 Å². The normalized spacial score (nSPS) is 10.3. The molecule has 2 rings (SSSR count). The molecular formula is C15H11F2NO4. The summed E-state index contributed by atoms with van der Waals surface area (Å²) < 4.78 is 33.5. The summed E-state index contributed by atoms with van der Waals surface area (Å²) in [5.74, 6) is -1.30. The molecule has 0 aliphatic rings. The maximum Gasteiger partial charge on any atom is 0.387 e. The van der Waals surface area contributed by atoms with Crippen LogP contribution in [-0.4, -0.2) is 18.5 Å². The van der Waals surface area contributed by atoms with Gasteiger partial charge < -0.3 is 15.2 Å². The van der Waals surface area contributed by atoms with Crippen molar-refractivity contribution >= 4 is 11.9 Å². The highest BCUT2D eigenvalue weighted by molar-refractivity contribution is 5.93. The average Bonchev–Trinajstić information content (AvgIpc) is 2.47. The largest absolute Gasteiger partial charge is 0.435 e. The summed E-state index contributed by atoms with van der Waals surface area (Å²) in [6.45, 7) is -2.98. The molecule has 7 heteroatoms. The molecule has 114 valence electrons. The molecule has 0 heterocycles. The van der Waals surface area contributed by atoms with Gasteiger partial charge in [-0.1, -0.05) is 6.07 Å². The Bertz CT molecular complexity index is 686. The molecule has 0 bridgehead atoms. The second-order valence-corrected chi connectivity index (χ2v) is 4.18. The molecule has 0 aliphatic carbocycles. The van der Waals surface area contributed by atoms with Crippen molar-refractivity contribution in [2.75, 3.05) is 0 Å². The quantitative estimate of drug-likeness (QED) is 0.680. The molecule has 0 aliphatic heterocycles. The van der Waals surface area contributed by atoms with Crippen LogP contribution in [0.15, 0.2) is 48.5 Å². The maximum atomic E-state index is 12.1. The predicted octanol–water partition coefficient (Wildman–Crippen LogP) is 2.61. The third-order valence-electron chi connectivity index (χ3n) is 2.64. The van der Waals surface area contributed by atoms with Crippen molar-refractivity contribution in [3.05, 3.63) is 59.7 Å². The van der Waals surface area contributed by atoms with E-state index in [-0.39, 0.29) is 22.6 Å². The van der Waals surface area contributed by atoms with Crippen LogP contribution in [0.5, 0.6) is 11.5 Å². The van der Waals surface area contributed by atoms with Gasteiger partial charge in [-0.25, -0.2) is 4.79 Å². The van der Waals surface area contributed by atoms with E-state index in [1.807, 2.05) is 0 Å². The first-order valence-electron chi connectivity index (χ1n) is 6.12. The highest BCUT2D eigenvalue weighted by atomic mass is 19.3. The molecule has 0 radical (unpaired) electrons. The number of ether oxygens (including phenoxy) is 2. The van der Waals surface area contributed by atoms with E-state index in [9.17, 15) is 18.4 Å². The van der Waals surface area contributed by atoms with E-state index >= 15 is 0 Å². The summed E-state index contributed by atoms with van der Waals surface area (Å²) in [5, 5.41) is 0. The van der Waals surface area contributed by atoms with Gasteiger partial charge in [0.2, 0.25) is 5.91 Å².